The van der Waals surface area contributed by atoms with Crippen molar-refractivity contribution in [3.63, 3.8) is 0 Å². The molecule has 1 aliphatic heterocycles. The van der Waals surface area contributed by atoms with Crippen molar-refractivity contribution in [3.8, 4) is 0 Å². The molecule has 0 N–H and O–H groups in total. The van der Waals surface area contributed by atoms with Crippen LogP contribution in [0, 0.1) is 0 Å². The number of likely N-dealkylation sites (tertiary alicyclic amines) is 1. The largest absolute Gasteiger partial charge is 0.467 e. The van der Waals surface area contributed by atoms with Crippen LogP contribution < -0.4 is 0 Å². The van der Waals surface area contributed by atoms with Gasteiger partial charge in [-0.05, 0) is 18.4 Å². The van der Waals surface area contributed by atoms with Crippen molar-refractivity contribution < 1.29 is 32.7 Å². The Bertz CT molecular complexity index is 643. The van der Waals surface area contributed by atoms with Gasteiger partial charge in [0.05, 0.1) is 7.11 Å². The highest BCUT2D eigenvalue weighted by molar-refractivity contribution is 7.54. The molecule has 138 valence electrons. The molecule has 2 atom stereocenters. The highest BCUT2D eigenvalue weighted by Crippen LogP contribution is 2.57. The molecule has 0 radical (unpaired) electrons. The average Bonchev–Trinajstić information content (AvgIpc) is 3.11. The van der Waals surface area contributed by atoms with Gasteiger partial charge in [0.15, 0.2) is 0 Å². The molecule has 9 heteroatoms. The van der Waals surface area contributed by atoms with Crippen LogP contribution in [-0.4, -0.2) is 50.1 Å². The van der Waals surface area contributed by atoms with E-state index in [1.165, 1.54) is 21.3 Å². The quantitative estimate of drug-likeness (QED) is 0.561. The van der Waals surface area contributed by atoms with Crippen LogP contribution in [0.15, 0.2) is 30.3 Å². The monoisotopic (exact) mass is 371 g/mol. The number of hydrogen-bond acceptors (Lipinski definition) is 7. The number of methoxy groups -OCH3 is 1. The van der Waals surface area contributed by atoms with Crippen LogP contribution in [0.1, 0.15) is 18.4 Å². The SMILES string of the molecule is COC(=O)[C@@H]1CC[C@H](P(=O)(OC)OC)N1C(=O)OCc1ccccc1. The smallest absolute Gasteiger partial charge is 0.411 e. The second-order valence-corrected chi connectivity index (χ2v) is 7.86. The molecule has 0 aliphatic carbocycles. The van der Waals surface area contributed by atoms with Crippen molar-refractivity contribution in [1.82, 2.24) is 4.90 Å². The minimum absolute atomic E-state index is 0.0288. The van der Waals surface area contributed by atoms with Gasteiger partial charge in [-0.15, -0.1) is 0 Å². The Labute approximate surface area is 146 Å². The van der Waals surface area contributed by atoms with Crippen LogP contribution >= 0.6 is 7.60 Å². The number of benzene rings is 1. The lowest BCUT2D eigenvalue weighted by atomic mass is 10.2. The Hall–Kier alpha value is -1.89. The third-order valence-corrected chi connectivity index (χ3v) is 6.37. The fourth-order valence-electron chi connectivity index (χ4n) is 2.83. The van der Waals surface area contributed by atoms with Gasteiger partial charge in [-0.2, -0.15) is 0 Å². The second-order valence-electron chi connectivity index (χ2n) is 5.45. The van der Waals surface area contributed by atoms with Gasteiger partial charge >= 0.3 is 19.7 Å². The number of rotatable bonds is 6. The summed E-state index contributed by atoms with van der Waals surface area (Å²) in [5, 5.41) is 0. The summed E-state index contributed by atoms with van der Waals surface area (Å²) in [6, 6.07) is 8.22. The molecule has 0 spiro atoms. The lowest BCUT2D eigenvalue weighted by Gasteiger charge is -2.31. The van der Waals surface area contributed by atoms with E-state index < -0.39 is 31.5 Å². The maximum atomic E-state index is 12.8. The van der Waals surface area contributed by atoms with Crippen molar-refractivity contribution in [1.29, 1.82) is 0 Å². The fourth-order valence-corrected chi connectivity index (χ4v) is 4.49. The molecule has 1 fully saturated rings. The minimum atomic E-state index is -3.60. The van der Waals surface area contributed by atoms with Crippen molar-refractivity contribution in [2.24, 2.45) is 0 Å². The van der Waals surface area contributed by atoms with E-state index >= 15 is 0 Å². The normalized spacial score (nSPS) is 20.4. The van der Waals surface area contributed by atoms with Crippen molar-refractivity contribution in [2.45, 2.75) is 31.3 Å². The standard InChI is InChI=1S/C16H22NO7P/c1-21-15(18)13-9-10-14(25(20,22-2)23-3)17(13)16(19)24-11-12-7-5-4-6-8-12/h4-8,13-14H,9-11H2,1-3H3/t13-,14-/m0/s1. The molecule has 0 aromatic heterocycles. The van der Waals surface area contributed by atoms with Crippen LogP contribution in [0.3, 0.4) is 0 Å². The van der Waals surface area contributed by atoms with E-state index in [1.807, 2.05) is 30.3 Å². The maximum absolute atomic E-state index is 12.8. The van der Waals surface area contributed by atoms with E-state index in [9.17, 15) is 14.2 Å². The van der Waals surface area contributed by atoms with Crippen LogP contribution in [0.5, 0.6) is 0 Å². The Kier molecular flexibility index (Phi) is 6.58. The summed E-state index contributed by atoms with van der Waals surface area (Å²) in [6.07, 6.45) is -0.204. The van der Waals surface area contributed by atoms with Crippen molar-refractivity contribution >= 4 is 19.7 Å². The van der Waals surface area contributed by atoms with Crippen LogP contribution in [0.25, 0.3) is 0 Å². The molecule has 1 saturated heterocycles. The molecule has 1 heterocycles. The summed E-state index contributed by atoms with van der Waals surface area (Å²) in [7, 11) is 0.105. The van der Waals surface area contributed by atoms with E-state index in [0.29, 0.717) is 0 Å². The first-order valence-corrected chi connectivity index (χ1v) is 9.36. The first kappa shape index (κ1) is 19.4. The molecule has 1 aliphatic rings. The first-order valence-electron chi connectivity index (χ1n) is 7.75. The van der Waals surface area contributed by atoms with Gasteiger partial charge in [0.25, 0.3) is 0 Å². The van der Waals surface area contributed by atoms with Gasteiger partial charge in [-0.1, -0.05) is 30.3 Å². The molecular weight excluding hydrogens is 349 g/mol. The minimum Gasteiger partial charge on any atom is -0.467 e. The highest BCUT2D eigenvalue weighted by Gasteiger charge is 2.51. The zero-order chi connectivity index (χ0) is 18.4. The van der Waals surface area contributed by atoms with E-state index in [4.69, 9.17) is 18.5 Å². The van der Waals surface area contributed by atoms with E-state index in [2.05, 4.69) is 0 Å². The Morgan fingerprint density at radius 1 is 1.12 bits per heavy atom. The average molecular weight is 371 g/mol. The van der Waals surface area contributed by atoms with E-state index in [-0.39, 0.29) is 19.4 Å². The maximum Gasteiger partial charge on any atom is 0.411 e. The van der Waals surface area contributed by atoms with E-state index in [1.54, 1.807) is 0 Å². The van der Waals surface area contributed by atoms with Gasteiger partial charge in [-0.25, -0.2) is 9.59 Å². The third-order valence-electron chi connectivity index (χ3n) is 4.12. The van der Waals surface area contributed by atoms with Gasteiger partial charge in [0, 0.05) is 14.2 Å². The third kappa shape index (κ3) is 4.21. The molecule has 0 unspecified atom stereocenters. The molecule has 0 bridgehead atoms. The number of esters is 1. The second kappa shape index (κ2) is 8.47. The Balaban J connectivity index is 2.20. The fraction of sp³-hybridized carbons (Fsp3) is 0.500. The summed E-state index contributed by atoms with van der Waals surface area (Å²) in [5.74, 6) is -1.51. The Morgan fingerprint density at radius 3 is 2.32 bits per heavy atom. The predicted molar refractivity (Wildman–Crippen MR) is 88.9 cm³/mol. The van der Waals surface area contributed by atoms with Crippen molar-refractivity contribution in [2.75, 3.05) is 21.3 Å². The van der Waals surface area contributed by atoms with Crippen LogP contribution in [-0.2, 0) is 34.5 Å². The molecule has 1 aromatic carbocycles. The highest BCUT2D eigenvalue weighted by atomic mass is 31.2. The molecular formula is C16H22NO7P. The molecule has 1 amide bonds. The number of amides is 1. The van der Waals surface area contributed by atoms with Gasteiger partial charge < -0.3 is 18.5 Å². The number of nitrogens with zero attached hydrogens (tertiary/aromatic N) is 1. The summed E-state index contributed by atoms with van der Waals surface area (Å²) < 4.78 is 32.8. The number of ether oxygens (including phenoxy) is 2. The van der Waals surface area contributed by atoms with Crippen LogP contribution in [0.4, 0.5) is 4.79 Å². The Morgan fingerprint density at radius 2 is 1.76 bits per heavy atom. The number of carbonyl (C=O) groups is 2. The summed E-state index contributed by atoms with van der Waals surface area (Å²) >= 11 is 0. The molecule has 1 aromatic rings. The number of hydrogen-bond donors (Lipinski definition) is 0. The van der Waals surface area contributed by atoms with Gasteiger partial charge in [0.2, 0.25) is 0 Å². The zero-order valence-electron chi connectivity index (χ0n) is 14.4. The lowest BCUT2D eigenvalue weighted by molar-refractivity contribution is -0.145. The molecule has 0 saturated carbocycles. The predicted octanol–water partition coefficient (Wildman–Crippen LogP) is 2.77. The van der Waals surface area contributed by atoms with Crippen LogP contribution in [0.2, 0.25) is 0 Å². The summed E-state index contributed by atoms with van der Waals surface area (Å²) in [5.41, 5.74) is 0.794. The summed E-state index contributed by atoms with van der Waals surface area (Å²) in [6.45, 7) is 0.0288. The lowest BCUT2D eigenvalue weighted by Crippen LogP contribution is -2.45. The van der Waals surface area contributed by atoms with E-state index in [0.717, 1.165) is 10.5 Å². The molecule has 8 nitrogen and oxygen atoms in total. The van der Waals surface area contributed by atoms with Gasteiger partial charge in [-0.3, -0.25) is 9.46 Å². The molecule has 25 heavy (non-hydrogen) atoms. The van der Waals surface area contributed by atoms with Crippen molar-refractivity contribution in [3.05, 3.63) is 35.9 Å². The zero-order valence-corrected chi connectivity index (χ0v) is 15.3. The van der Waals surface area contributed by atoms with Gasteiger partial charge in [0.1, 0.15) is 18.4 Å². The summed E-state index contributed by atoms with van der Waals surface area (Å²) in [4.78, 5) is 25.7. The topological polar surface area (TPSA) is 91.4 Å². The first-order chi connectivity index (χ1) is 12.0. The number of carbonyl (C=O) groups excluding carboxylic acids is 2. The molecule has 2 rings (SSSR count).